The molecular weight excluding hydrogens is 399 g/mol. The number of sulfonamides is 1. The number of carbonyl (C=O) groups excluding carboxylic acids is 1. The first-order valence-electron chi connectivity index (χ1n) is 7.50. The molecule has 0 spiro atoms. The number of carbonyl (C=O) groups is 1. The zero-order chi connectivity index (χ0) is 19.5. The van der Waals surface area contributed by atoms with Crippen molar-refractivity contribution in [3.8, 4) is 0 Å². The van der Waals surface area contributed by atoms with Crippen LogP contribution >= 0.6 is 23.2 Å². The summed E-state index contributed by atoms with van der Waals surface area (Å²) in [6.45, 7) is 0.279. The quantitative estimate of drug-likeness (QED) is 0.676. The Morgan fingerprint density at radius 2 is 1.73 bits per heavy atom. The minimum Gasteiger partial charge on any atom is -0.337 e. The normalized spacial score (nSPS) is 11.6. The van der Waals surface area contributed by atoms with Gasteiger partial charge in [-0.25, -0.2) is 8.42 Å². The van der Waals surface area contributed by atoms with Crippen molar-refractivity contribution in [3.63, 3.8) is 0 Å². The maximum absolute atomic E-state index is 12.7. The van der Waals surface area contributed by atoms with Gasteiger partial charge in [0.2, 0.25) is 0 Å². The van der Waals surface area contributed by atoms with Gasteiger partial charge in [-0.1, -0.05) is 45.9 Å². The molecule has 0 aromatic heterocycles. The van der Waals surface area contributed by atoms with Crippen LogP contribution in [0.2, 0.25) is 10.0 Å². The topological polar surface area (TPSA) is 66.9 Å². The molecule has 6 nitrogen and oxygen atoms in total. The Morgan fingerprint density at radius 3 is 2.35 bits per heavy atom. The van der Waals surface area contributed by atoms with Crippen LogP contribution in [0, 0.1) is 0 Å². The molecule has 2 aromatic carbocycles. The van der Waals surface area contributed by atoms with Crippen LogP contribution in [0.1, 0.15) is 15.9 Å². The third kappa shape index (κ3) is 4.36. The second-order valence-electron chi connectivity index (χ2n) is 5.50. The molecule has 1 amide bonds. The summed E-state index contributed by atoms with van der Waals surface area (Å²) in [7, 11) is 0.0870. The SMILES string of the molecule is CON(C)S(=O)(=O)c1cc(C(=O)N(C)Cc2ccccc2Cl)ccc1Cl. The molecule has 0 N–H and O–H groups in total. The number of halogens is 2. The Hall–Kier alpha value is -1.64. The highest BCUT2D eigenvalue weighted by atomic mass is 35.5. The van der Waals surface area contributed by atoms with Crippen LogP contribution in [0.25, 0.3) is 0 Å². The largest absolute Gasteiger partial charge is 0.337 e. The van der Waals surface area contributed by atoms with Crippen LogP contribution in [0.3, 0.4) is 0 Å². The fourth-order valence-corrected chi connectivity index (χ4v) is 3.91. The lowest BCUT2D eigenvalue weighted by Crippen LogP contribution is -2.28. The first-order valence-corrected chi connectivity index (χ1v) is 9.69. The average molecular weight is 417 g/mol. The minimum atomic E-state index is -3.98. The van der Waals surface area contributed by atoms with Crippen molar-refractivity contribution in [3.05, 3.63) is 63.6 Å². The summed E-state index contributed by atoms with van der Waals surface area (Å²) in [6.07, 6.45) is 0. The van der Waals surface area contributed by atoms with Gasteiger partial charge >= 0.3 is 0 Å². The molecule has 26 heavy (non-hydrogen) atoms. The summed E-state index contributed by atoms with van der Waals surface area (Å²) < 4.78 is 25.6. The summed E-state index contributed by atoms with van der Waals surface area (Å²) in [4.78, 5) is 18.7. The molecule has 140 valence electrons. The lowest BCUT2D eigenvalue weighted by molar-refractivity contribution is -0.0258. The molecule has 0 aliphatic rings. The number of hydroxylamine groups is 1. The van der Waals surface area contributed by atoms with E-state index in [1.54, 1.807) is 19.2 Å². The fraction of sp³-hybridized carbons (Fsp3) is 0.235. The predicted octanol–water partition coefficient (Wildman–Crippen LogP) is 3.45. The van der Waals surface area contributed by atoms with E-state index in [0.717, 1.165) is 5.56 Å². The van der Waals surface area contributed by atoms with E-state index in [0.29, 0.717) is 9.49 Å². The Bertz CT molecular complexity index is 919. The molecule has 2 rings (SSSR count). The third-order valence-corrected chi connectivity index (χ3v) is 6.29. The summed E-state index contributed by atoms with van der Waals surface area (Å²) in [6, 6.07) is 11.3. The number of amides is 1. The van der Waals surface area contributed by atoms with Gasteiger partial charge < -0.3 is 4.90 Å². The number of hydrogen-bond donors (Lipinski definition) is 0. The number of hydrogen-bond acceptors (Lipinski definition) is 4. The number of benzene rings is 2. The van der Waals surface area contributed by atoms with E-state index in [2.05, 4.69) is 0 Å². The van der Waals surface area contributed by atoms with Gasteiger partial charge in [-0.05, 0) is 29.8 Å². The van der Waals surface area contributed by atoms with Gasteiger partial charge in [0.15, 0.2) is 0 Å². The van der Waals surface area contributed by atoms with Crippen molar-refractivity contribution < 1.29 is 18.0 Å². The van der Waals surface area contributed by atoms with Crippen molar-refractivity contribution in [2.45, 2.75) is 11.4 Å². The Labute approximate surface area is 162 Å². The van der Waals surface area contributed by atoms with Crippen molar-refractivity contribution in [1.82, 2.24) is 9.37 Å². The van der Waals surface area contributed by atoms with E-state index >= 15 is 0 Å². The molecule has 0 fully saturated rings. The van der Waals surface area contributed by atoms with Gasteiger partial charge in [0.1, 0.15) is 4.90 Å². The highest BCUT2D eigenvalue weighted by Gasteiger charge is 2.26. The summed E-state index contributed by atoms with van der Waals surface area (Å²) in [5.41, 5.74) is 0.970. The van der Waals surface area contributed by atoms with E-state index in [9.17, 15) is 13.2 Å². The molecule has 0 saturated carbocycles. The zero-order valence-corrected chi connectivity index (χ0v) is 16.8. The van der Waals surface area contributed by atoms with Crippen LogP contribution in [0.15, 0.2) is 47.4 Å². The lowest BCUT2D eigenvalue weighted by Gasteiger charge is -2.19. The molecule has 2 aromatic rings. The number of rotatable bonds is 6. The Kier molecular flexibility index (Phi) is 6.65. The Morgan fingerprint density at radius 1 is 1.08 bits per heavy atom. The first-order chi connectivity index (χ1) is 12.2. The molecule has 0 radical (unpaired) electrons. The molecule has 0 heterocycles. The second kappa shape index (κ2) is 8.37. The predicted molar refractivity (Wildman–Crippen MR) is 101 cm³/mol. The monoisotopic (exact) mass is 416 g/mol. The van der Waals surface area contributed by atoms with Crippen molar-refractivity contribution in [2.75, 3.05) is 21.2 Å². The van der Waals surface area contributed by atoms with Gasteiger partial charge in [-0.15, -0.1) is 0 Å². The van der Waals surface area contributed by atoms with E-state index in [-0.39, 0.29) is 27.9 Å². The van der Waals surface area contributed by atoms with Crippen LogP contribution in [-0.4, -0.2) is 44.9 Å². The molecule has 0 aliphatic heterocycles. The van der Waals surface area contributed by atoms with Crippen molar-refractivity contribution in [1.29, 1.82) is 0 Å². The summed E-state index contributed by atoms with van der Waals surface area (Å²) in [5.74, 6) is -0.363. The third-order valence-electron chi connectivity index (χ3n) is 3.76. The van der Waals surface area contributed by atoms with Crippen molar-refractivity contribution >= 4 is 39.1 Å². The molecule has 0 atom stereocenters. The van der Waals surface area contributed by atoms with Gasteiger partial charge in [-0.2, -0.15) is 0 Å². The minimum absolute atomic E-state index is 0.000734. The van der Waals surface area contributed by atoms with Crippen LogP contribution in [-0.2, 0) is 21.4 Å². The lowest BCUT2D eigenvalue weighted by atomic mass is 10.1. The molecular formula is C17H18Cl2N2O4S. The van der Waals surface area contributed by atoms with Crippen LogP contribution < -0.4 is 0 Å². The zero-order valence-electron chi connectivity index (χ0n) is 14.4. The first kappa shape index (κ1) is 20.7. The molecule has 0 saturated heterocycles. The average Bonchev–Trinajstić information content (AvgIpc) is 2.62. The van der Waals surface area contributed by atoms with Gasteiger partial charge in [0.25, 0.3) is 15.9 Å². The molecule has 9 heteroatoms. The smallest absolute Gasteiger partial charge is 0.266 e. The molecule has 0 unspecified atom stereocenters. The van der Waals surface area contributed by atoms with E-state index in [1.807, 2.05) is 12.1 Å². The molecule has 0 bridgehead atoms. The standard InChI is InChI=1S/C17H18Cl2N2O4S/c1-20(11-13-6-4-5-7-14(13)18)17(22)12-8-9-15(19)16(10-12)26(23,24)21(2)25-3/h4-10H,11H2,1-3H3. The molecule has 0 aliphatic carbocycles. The highest BCUT2D eigenvalue weighted by molar-refractivity contribution is 7.89. The number of nitrogens with zero attached hydrogens (tertiary/aromatic N) is 2. The van der Waals surface area contributed by atoms with Crippen molar-refractivity contribution in [2.24, 2.45) is 0 Å². The van der Waals surface area contributed by atoms with E-state index < -0.39 is 10.0 Å². The van der Waals surface area contributed by atoms with E-state index in [4.69, 9.17) is 28.0 Å². The summed E-state index contributed by atoms with van der Waals surface area (Å²) >= 11 is 12.1. The second-order valence-corrected chi connectivity index (χ2v) is 8.21. The van der Waals surface area contributed by atoms with Gasteiger partial charge in [0, 0.05) is 31.2 Å². The highest BCUT2D eigenvalue weighted by Crippen LogP contribution is 2.26. The Balaban J connectivity index is 2.33. The van der Waals surface area contributed by atoms with E-state index in [1.165, 1.54) is 37.3 Å². The van der Waals surface area contributed by atoms with Gasteiger partial charge in [0.05, 0.1) is 12.1 Å². The maximum atomic E-state index is 12.7. The van der Waals surface area contributed by atoms with Crippen LogP contribution in [0.5, 0.6) is 0 Å². The maximum Gasteiger partial charge on any atom is 0.266 e. The fourth-order valence-electron chi connectivity index (χ4n) is 2.25. The van der Waals surface area contributed by atoms with Crippen LogP contribution in [0.4, 0.5) is 0 Å². The summed E-state index contributed by atoms with van der Waals surface area (Å²) in [5, 5.41) is 0.549. The van der Waals surface area contributed by atoms with Gasteiger partial charge in [-0.3, -0.25) is 9.63 Å².